The Morgan fingerprint density at radius 1 is 1.39 bits per heavy atom. The summed E-state index contributed by atoms with van der Waals surface area (Å²) in [6, 6.07) is 13.9. The average molecular weight is 422 g/mol. The van der Waals surface area contributed by atoms with Crippen molar-refractivity contribution < 1.29 is 13.6 Å². The van der Waals surface area contributed by atoms with Crippen LogP contribution in [0.1, 0.15) is 35.6 Å². The number of likely N-dealkylation sites (N-methyl/N-ethyl adjacent to an activating group) is 1. The fourth-order valence-electron chi connectivity index (χ4n) is 4.06. The standard InChI is InChI=1S/C23H23FN4O3/c1-27(22(29)12-15-7-8-20-18(11-15)26-23(30)31-20)19(14-28-9-3-6-21(28)24)17-5-2-4-16(10-17)13-25/h2,4-5,7-8,10-11,19,21H,3,6,9,12,14H2,1H3,(H,26,30)/t19-,21-/m1/s1. The molecule has 0 saturated carbocycles. The third-order valence-electron chi connectivity index (χ3n) is 5.79. The minimum atomic E-state index is -1.02. The quantitative estimate of drug-likeness (QED) is 0.616. The van der Waals surface area contributed by atoms with Gasteiger partial charge >= 0.3 is 5.76 Å². The molecule has 1 aliphatic heterocycles. The van der Waals surface area contributed by atoms with Crippen LogP contribution in [0.25, 0.3) is 11.1 Å². The molecule has 1 saturated heterocycles. The average Bonchev–Trinajstić information content (AvgIpc) is 3.35. The molecule has 0 spiro atoms. The first kappa shape index (κ1) is 20.8. The molecule has 1 aliphatic rings. The lowest BCUT2D eigenvalue weighted by Gasteiger charge is -2.33. The van der Waals surface area contributed by atoms with Crippen molar-refractivity contribution in [2.45, 2.75) is 31.6 Å². The molecule has 3 aromatic rings. The van der Waals surface area contributed by atoms with Crippen molar-refractivity contribution >= 4 is 17.0 Å². The van der Waals surface area contributed by atoms with E-state index >= 15 is 0 Å². The van der Waals surface area contributed by atoms with Crippen molar-refractivity contribution in [1.82, 2.24) is 14.8 Å². The number of carbonyl (C=O) groups excluding carboxylic acids is 1. The highest BCUT2D eigenvalue weighted by Gasteiger charge is 2.30. The fraction of sp³-hybridized carbons (Fsp3) is 0.348. The highest BCUT2D eigenvalue weighted by atomic mass is 19.1. The Labute approximate surface area is 178 Å². The van der Waals surface area contributed by atoms with Gasteiger partial charge in [-0.2, -0.15) is 5.26 Å². The number of oxazole rings is 1. The third-order valence-corrected chi connectivity index (χ3v) is 5.79. The number of hydrogen-bond donors (Lipinski definition) is 1. The highest BCUT2D eigenvalue weighted by Crippen LogP contribution is 2.27. The summed E-state index contributed by atoms with van der Waals surface area (Å²) in [6.07, 6.45) is 0.372. The molecule has 1 fully saturated rings. The lowest BCUT2D eigenvalue weighted by Crippen LogP contribution is -2.40. The van der Waals surface area contributed by atoms with Crippen LogP contribution in [0.3, 0.4) is 0 Å². The number of nitrogens with one attached hydrogen (secondary N) is 1. The number of nitrogens with zero attached hydrogens (tertiary/aromatic N) is 3. The number of carbonyl (C=O) groups is 1. The van der Waals surface area contributed by atoms with Gasteiger partial charge in [0.2, 0.25) is 5.91 Å². The van der Waals surface area contributed by atoms with Gasteiger partial charge < -0.3 is 9.32 Å². The fourth-order valence-corrected chi connectivity index (χ4v) is 4.06. The number of hydrogen-bond acceptors (Lipinski definition) is 5. The lowest BCUT2D eigenvalue weighted by atomic mass is 10.0. The summed E-state index contributed by atoms with van der Waals surface area (Å²) in [5.74, 6) is -0.688. The second-order valence-electron chi connectivity index (χ2n) is 7.85. The zero-order valence-electron chi connectivity index (χ0n) is 17.2. The normalized spacial score (nSPS) is 17.5. The Hall–Kier alpha value is -3.44. The van der Waals surface area contributed by atoms with E-state index in [0.29, 0.717) is 36.2 Å². The van der Waals surface area contributed by atoms with Crippen LogP contribution in [0.5, 0.6) is 0 Å². The number of alkyl halides is 1. The first-order valence-electron chi connectivity index (χ1n) is 10.2. The van der Waals surface area contributed by atoms with Crippen LogP contribution in [-0.4, -0.2) is 47.1 Å². The van der Waals surface area contributed by atoms with Crippen molar-refractivity contribution in [2.24, 2.45) is 0 Å². The molecule has 1 amide bonds. The van der Waals surface area contributed by atoms with Crippen molar-refractivity contribution in [3.05, 3.63) is 69.7 Å². The Balaban J connectivity index is 1.58. The molecule has 0 aliphatic carbocycles. The Morgan fingerprint density at radius 2 is 2.23 bits per heavy atom. The van der Waals surface area contributed by atoms with Gasteiger partial charge in [-0.15, -0.1) is 0 Å². The molecule has 0 radical (unpaired) electrons. The van der Waals surface area contributed by atoms with Gasteiger partial charge in [-0.25, -0.2) is 9.18 Å². The Morgan fingerprint density at radius 3 is 2.97 bits per heavy atom. The van der Waals surface area contributed by atoms with Crippen molar-refractivity contribution in [2.75, 3.05) is 20.1 Å². The van der Waals surface area contributed by atoms with Gasteiger partial charge in [0.25, 0.3) is 0 Å². The third kappa shape index (κ3) is 4.52. The maximum Gasteiger partial charge on any atom is 0.417 e. The number of rotatable bonds is 6. The molecule has 31 heavy (non-hydrogen) atoms. The largest absolute Gasteiger partial charge is 0.417 e. The summed E-state index contributed by atoms with van der Waals surface area (Å²) < 4.78 is 19.3. The second-order valence-corrected chi connectivity index (χ2v) is 7.85. The molecule has 7 nitrogen and oxygen atoms in total. The number of H-pyrrole nitrogens is 1. The number of halogens is 1. The van der Waals surface area contributed by atoms with E-state index in [2.05, 4.69) is 11.1 Å². The van der Waals surface area contributed by atoms with E-state index < -0.39 is 18.1 Å². The monoisotopic (exact) mass is 422 g/mol. The molecule has 8 heteroatoms. The molecular formula is C23H23FN4O3. The van der Waals surface area contributed by atoms with Crippen LogP contribution < -0.4 is 5.76 Å². The molecular weight excluding hydrogens is 399 g/mol. The molecule has 160 valence electrons. The summed E-state index contributed by atoms with van der Waals surface area (Å²) in [7, 11) is 1.70. The molecule has 2 atom stereocenters. The van der Waals surface area contributed by atoms with Gasteiger partial charge in [-0.05, 0) is 48.2 Å². The maximum absolute atomic E-state index is 14.3. The first-order chi connectivity index (χ1) is 14.9. The van der Waals surface area contributed by atoms with Crippen LogP contribution in [0.4, 0.5) is 4.39 Å². The number of aromatic amines is 1. The van der Waals surface area contributed by atoms with Crippen molar-refractivity contribution in [3.63, 3.8) is 0 Å². The summed E-state index contributed by atoms with van der Waals surface area (Å²) in [6.45, 7) is 0.995. The van der Waals surface area contributed by atoms with Crippen molar-refractivity contribution in [1.29, 1.82) is 5.26 Å². The van der Waals surface area contributed by atoms with E-state index in [4.69, 9.17) is 4.42 Å². The zero-order chi connectivity index (χ0) is 22.0. The maximum atomic E-state index is 14.3. The number of likely N-dealkylation sites (tertiary alicyclic amines) is 1. The second kappa shape index (κ2) is 8.74. The number of fused-ring (bicyclic) bond motifs is 1. The number of aromatic nitrogens is 1. The van der Waals surface area contributed by atoms with Crippen LogP contribution in [0, 0.1) is 11.3 Å². The van der Waals surface area contributed by atoms with Crippen LogP contribution >= 0.6 is 0 Å². The Bertz CT molecular complexity index is 1200. The SMILES string of the molecule is CN(C(=O)Cc1ccc2oc(=O)[nH]c2c1)[C@H](CN1CCC[C@@H]1F)c1cccc(C#N)c1. The van der Waals surface area contributed by atoms with Gasteiger partial charge in [-0.1, -0.05) is 18.2 Å². The minimum absolute atomic E-state index is 0.118. The predicted molar refractivity (Wildman–Crippen MR) is 113 cm³/mol. The molecule has 0 bridgehead atoms. The number of amides is 1. The molecule has 2 heterocycles. The number of benzene rings is 2. The smallest absolute Gasteiger partial charge is 0.408 e. The van der Waals surface area contributed by atoms with Crippen LogP contribution in [0.15, 0.2) is 51.7 Å². The van der Waals surface area contributed by atoms with Crippen LogP contribution in [-0.2, 0) is 11.2 Å². The van der Waals surface area contributed by atoms with E-state index in [-0.39, 0.29) is 12.3 Å². The Kier molecular flexibility index (Phi) is 5.87. The van der Waals surface area contributed by atoms with Gasteiger partial charge in [0, 0.05) is 20.1 Å². The molecule has 4 rings (SSSR count). The molecule has 1 aromatic heterocycles. The first-order valence-corrected chi connectivity index (χ1v) is 10.2. The van der Waals surface area contributed by atoms with E-state index in [1.165, 1.54) is 0 Å². The number of nitriles is 1. The predicted octanol–water partition coefficient (Wildman–Crippen LogP) is 3.13. The highest BCUT2D eigenvalue weighted by molar-refractivity contribution is 5.81. The van der Waals surface area contributed by atoms with Gasteiger partial charge in [0.05, 0.1) is 29.6 Å². The van der Waals surface area contributed by atoms with Crippen molar-refractivity contribution in [3.8, 4) is 6.07 Å². The van der Waals surface area contributed by atoms with Gasteiger partial charge in [0.1, 0.15) is 0 Å². The zero-order valence-corrected chi connectivity index (χ0v) is 17.2. The topological polar surface area (TPSA) is 93.3 Å². The summed E-state index contributed by atoms with van der Waals surface area (Å²) in [5.41, 5.74) is 2.99. The van der Waals surface area contributed by atoms with E-state index in [9.17, 15) is 19.2 Å². The van der Waals surface area contributed by atoms with E-state index in [1.54, 1.807) is 53.2 Å². The van der Waals surface area contributed by atoms with Gasteiger partial charge in [-0.3, -0.25) is 14.7 Å². The molecule has 0 unspecified atom stereocenters. The summed E-state index contributed by atoms with van der Waals surface area (Å²) in [4.78, 5) is 30.4. The van der Waals surface area contributed by atoms with E-state index in [1.807, 2.05) is 6.07 Å². The van der Waals surface area contributed by atoms with Crippen LogP contribution in [0.2, 0.25) is 0 Å². The summed E-state index contributed by atoms with van der Waals surface area (Å²) >= 11 is 0. The van der Waals surface area contributed by atoms with Gasteiger partial charge in [0.15, 0.2) is 11.9 Å². The van der Waals surface area contributed by atoms with E-state index in [0.717, 1.165) is 17.5 Å². The minimum Gasteiger partial charge on any atom is -0.408 e. The molecule has 1 N–H and O–H groups in total. The summed E-state index contributed by atoms with van der Waals surface area (Å²) in [5, 5.41) is 9.27. The lowest BCUT2D eigenvalue weighted by molar-refractivity contribution is -0.132. The molecule has 2 aromatic carbocycles.